The third-order valence-electron chi connectivity index (χ3n) is 4.19. The molecule has 1 saturated heterocycles. The molecule has 0 unspecified atom stereocenters. The maximum Gasteiger partial charge on any atom is 0.319 e. The number of hydrogen-bond acceptors (Lipinski definition) is 3. The maximum atomic E-state index is 11.8. The second kappa shape index (κ2) is 8.02. The number of rotatable bonds is 5. The summed E-state index contributed by atoms with van der Waals surface area (Å²) >= 11 is 0. The quantitative estimate of drug-likeness (QED) is 0.821. The fraction of sp³-hybridized carbons (Fsp3) is 0.500. The first kappa shape index (κ1) is 17.3. The Labute approximate surface area is 139 Å². The van der Waals surface area contributed by atoms with Crippen molar-refractivity contribution in [2.75, 3.05) is 49.5 Å². The molecule has 1 aromatic rings. The summed E-state index contributed by atoms with van der Waals surface area (Å²) in [4.78, 5) is 16.7. The average Bonchev–Trinajstić information content (AvgIpc) is 2.55. The third kappa shape index (κ3) is 4.99. The Balaban J connectivity index is 1.95. The molecule has 2 N–H and O–H groups in total. The predicted octanol–water partition coefficient (Wildman–Crippen LogP) is 2.83. The van der Waals surface area contributed by atoms with Gasteiger partial charge in [-0.1, -0.05) is 19.1 Å². The molecule has 1 aromatic carbocycles. The largest absolute Gasteiger partial charge is 0.369 e. The van der Waals surface area contributed by atoms with E-state index < -0.39 is 0 Å². The van der Waals surface area contributed by atoms with Gasteiger partial charge in [0.05, 0.1) is 0 Å². The Hall–Kier alpha value is -2.01. The van der Waals surface area contributed by atoms with Gasteiger partial charge < -0.3 is 20.4 Å². The summed E-state index contributed by atoms with van der Waals surface area (Å²) in [7, 11) is 0. The Morgan fingerprint density at radius 3 is 2.52 bits per heavy atom. The lowest BCUT2D eigenvalue weighted by atomic mass is 10.1. The van der Waals surface area contributed by atoms with E-state index in [4.69, 9.17) is 0 Å². The molecule has 0 aromatic heterocycles. The first-order valence-corrected chi connectivity index (χ1v) is 8.26. The van der Waals surface area contributed by atoms with Crippen LogP contribution in [0.3, 0.4) is 0 Å². The number of urea groups is 1. The van der Waals surface area contributed by atoms with Crippen LogP contribution in [0.4, 0.5) is 16.2 Å². The number of carbonyl (C=O) groups is 1. The summed E-state index contributed by atoms with van der Waals surface area (Å²) in [5.41, 5.74) is 4.08. The van der Waals surface area contributed by atoms with Crippen molar-refractivity contribution in [1.29, 1.82) is 0 Å². The fourth-order valence-electron chi connectivity index (χ4n) is 2.70. The van der Waals surface area contributed by atoms with Crippen LogP contribution >= 0.6 is 0 Å². The molecule has 0 atom stereocenters. The van der Waals surface area contributed by atoms with Crippen LogP contribution in [0.25, 0.3) is 0 Å². The number of piperazine rings is 1. The van der Waals surface area contributed by atoms with Gasteiger partial charge in [-0.2, -0.15) is 0 Å². The molecule has 0 bridgehead atoms. The number of carbonyl (C=O) groups excluding carboxylic acids is 1. The van der Waals surface area contributed by atoms with Crippen molar-refractivity contribution in [3.8, 4) is 0 Å². The Kier molecular flexibility index (Phi) is 6.04. The lowest BCUT2D eigenvalue weighted by Crippen LogP contribution is -2.46. The molecule has 0 aliphatic carbocycles. The average molecular weight is 316 g/mol. The summed E-state index contributed by atoms with van der Waals surface area (Å²) in [5.74, 6) is 0. The van der Waals surface area contributed by atoms with Gasteiger partial charge in [0.1, 0.15) is 0 Å². The Morgan fingerprint density at radius 1 is 1.26 bits per heavy atom. The number of aryl methyl sites for hydroxylation is 1. The zero-order valence-corrected chi connectivity index (χ0v) is 14.5. The first-order chi connectivity index (χ1) is 11.0. The third-order valence-corrected chi connectivity index (χ3v) is 4.19. The molecule has 2 amide bonds. The van der Waals surface area contributed by atoms with Gasteiger partial charge in [0, 0.05) is 44.1 Å². The van der Waals surface area contributed by atoms with Crippen LogP contribution in [0.2, 0.25) is 0 Å². The van der Waals surface area contributed by atoms with Crippen molar-refractivity contribution in [2.45, 2.75) is 20.8 Å². The van der Waals surface area contributed by atoms with Crippen molar-refractivity contribution < 1.29 is 4.79 Å². The number of likely N-dealkylation sites (N-methyl/N-ethyl adjacent to an activating group) is 1. The zero-order valence-electron chi connectivity index (χ0n) is 14.5. The van der Waals surface area contributed by atoms with E-state index in [1.165, 1.54) is 5.69 Å². The van der Waals surface area contributed by atoms with E-state index in [-0.39, 0.29) is 6.03 Å². The highest BCUT2D eigenvalue weighted by atomic mass is 16.2. The smallest absolute Gasteiger partial charge is 0.319 e. The molecule has 0 saturated carbocycles. The summed E-state index contributed by atoms with van der Waals surface area (Å²) in [6, 6.07) is 6.02. The van der Waals surface area contributed by atoms with Crippen molar-refractivity contribution in [2.24, 2.45) is 0 Å². The summed E-state index contributed by atoms with van der Waals surface area (Å²) in [6.07, 6.45) is 0. The molecular weight excluding hydrogens is 288 g/mol. The fourth-order valence-corrected chi connectivity index (χ4v) is 2.70. The standard InChI is InChI=1S/C18H28N4O/c1-5-21-8-10-22(11-9-21)16-6-7-17(15(4)12-16)20-18(23)19-13-14(2)3/h6-7,12H,2,5,8-11,13H2,1,3-4H3,(H2,19,20,23). The number of anilines is 2. The van der Waals surface area contributed by atoms with Crippen LogP contribution in [-0.2, 0) is 0 Å². The van der Waals surface area contributed by atoms with Gasteiger partial charge in [0.2, 0.25) is 0 Å². The topological polar surface area (TPSA) is 47.6 Å². The molecule has 5 nitrogen and oxygen atoms in total. The first-order valence-electron chi connectivity index (χ1n) is 8.26. The SMILES string of the molecule is C=C(C)CNC(=O)Nc1ccc(N2CCN(CC)CC2)cc1C. The van der Waals surface area contributed by atoms with E-state index in [1.54, 1.807) is 0 Å². The second-order valence-electron chi connectivity index (χ2n) is 6.19. The zero-order chi connectivity index (χ0) is 16.8. The minimum atomic E-state index is -0.194. The van der Waals surface area contributed by atoms with Gasteiger partial charge in [-0.25, -0.2) is 4.79 Å². The van der Waals surface area contributed by atoms with Gasteiger partial charge in [-0.15, -0.1) is 0 Å². The summed E-state index contributed by atoms with van der Waals surface area (Å²) in [5, 5.41) is 5.68. The molecule has 0 radical (unpaired) electrons. The Bertz CT molecular complexity index is 562. The monoisotopic (exact) mass is 316 g/mol. The molecule has 1 aliphatic rings. The molecule has 1 fully saturated rings. The van der Waals surface area contributed by atoms with Crippen LogP contribution in [0.5, 0.6) is 0 Å². The van der Waals surface area contributed by atoms with Crippen molar-refractivity contribution in [3.05, 3.63) is 35.9 Å². The molecule has 5 heteroatoms. The van der Waals surface area contributed by atoms with Crippen LogP contribution in [0.15, 0.2) is 30.4 Å². The highest BCUT2D eigenvalue weighted by molar-refractivity contribution is 5.90. The van der Waals surface area contributed by atoms with E-state index in [9.17, 15) is 4.79 Å². The van der Waals surface area contributed by atoms with E-state index in [2.05, 4.69) is 46.1 Å². The van der Waals surface area contributed by atoms with Gasteiger partial charge in [0.25, 0.3) is 0 Å². The lowest BCUT2D eigenvalue weighted by molar-refractivity contribution is 0.253. The van der Waals surface area contributed by atoms with Crippen molar-refractivity contribution >= 4 is 17.4 Å². The highest BCUT2D eigenvalue weighted by Crippen LogP contribution is 2.23. The molecule has 0 spiro atoms. The molecule has 2 rings (SSSR count). The van der Waals surface area contributed by atoms with Crippen LogP contribution < -0.4 is 15.5 Å². The molecule has 23 heavy (non-hydrogen) atoms. The Morgan fingerprint density at radius 2 is 1.96 bits per heavy atom. The van der Waals surface area contributed by atoms with Gasteiger partial charge in [-0.05, 0) is 44.2 Å². The number of amides is 2. The summed E-state index contributed by atoms with van der Waals surface area (Å²) in [6.45, 7) is 15.8. The number of benzene rings is 1. The van der Waals surface area contributed by atoms with Crippen molar-refractivity contribution in [1.82, 2.24) is 10.2 Å². The van der Waals surface area contributed by atoms with Crippen LogP contribution in [-0.4, -0.2) is 50.2 Å². The number of nitrogens with one attached hydrogen (secondary N) is 2. The minimum absolute atomic E-state index is 0.194. The molecule has 1 heterocycles. The molecule has 1 aliphatic heterocycles. The van der Waals surface area contributed by atoms with Gasteiger partial charge >= 0.3 is 6.03 Å². The van der Waals surface area contributed by atoms with Gasteiger partial charge in [0.15, 0.2) is 0 Å². The lowest BCUT2D eigenvalue weighted by Gasteiger charge is -2.35. The van der Waals surface area contributed by atoms with Crippen LogP contribution in [0, 0.1) is 6.92 Å². The second-order valence-corrected chi connectivity index (χ2v) is 6.19. The molecular formula is C18H28N4O. The maximum absolute atomic E-state index is 11.8. The van der Waals surface area contributed by atoms with E-state index in [1.807, 2.05) is 19.9 Å². The normalized spacial score (nSPS) is 15.3. The van der Waals surface area contributed by atoms with Crippen molar-refractivity contribution in [3.63, 3.8) is 0 Å². The minimum Gasteiger partial charge on any atom is -0.369 e. The van der Waals surface area contributed by atoms with Crippen LogP contribution in [0.1, 0.15) is 19.4 Å². The molecule has 126 valence electrons. The number of hydrogen-bond donors (Lipinski definition) is 2. The van der Waals surface area contributed by atoms with E-state index in [0.717, 1.165) is 49.5 Å². The van der Waals surface area contributed by atoms with E-state index in [0.29, 0.717) is 6.54 Å². The van der Waals surface area contributed by atoms with Gasteiger partial charge in [-0.3, -0.25) is 0 Å². The number of nitrogens with zero attached hydrogens (tertiary/aromatic N) is 2. The predicted molar refractivity (Wildman–Crippen MR) is 97.3 cm³/mol. The van der Waals surface area contributed by atoms with E-state index >= 15 is 0 Å². The highest BCUT2D eigenvalue weighted by Gasteiger charge is 2.16. The summed E-state index contributed by atoms with van der Waals surface area (Å²) < 4.78 is 0.